The molecule has 0 saturated carbocycles. The van der Waals surface area contributed by atoms with Crippen LogP contribution >= 0.6 is 15.9 Å². The van der Waals surface area contributed by atoms with E-state index in [9.17, 15) is 12.8 Å². The van der Waals surface area contributed by atoms with E-state index in [0.717, 1.165) is 25.0 Å². The van der Waals surface area contributed by atoms with E-state index in [1.165, 1.54) is 6.07 Å². The molecule has 7 heteroatoms. The fourth-order valence-electron chi connectivity index (χ4n) is 1.99. The molecule has 0 aromatic heterocycles. The second-order valence-electron chi connectivity index (χ2n) is 4.80. The molecule has 0 spiro atoms. The lowest BCUT2D eigenvalue weighted by Gasteiger charge is -2.23. The molecular weight excluding hydrogens is 337 g/mol. The van der Waals surface area contributed by atoms with Crippen molar-refractivity contribution in [1.82, 2.24) is 4.72 Å². The van der Waals surface area contributed by atoms with Gasteiger partial charge in [-0.3, -0.25) is 0 Å². The van der Waals surface area contributed by atoms with Crippen LogP contribution in [0.5, 0.6) is 0 Å². The topological polar surface area (TPSA) is 55.4 Å². The maximum absolute atomic E-state index is 13.0. The first-order chi connectivity index (χ1) is 8.82. The van der Waals surface area contributed by atoms with E-state index >= 15 is 0 Å². The van der Waals surface area contributed by atoms with E-state index in [2.05, 4.69) is 20.7 Å². The van der Waals surface area contributed by atoms with Gasteiger partial charge >= 0.3 is 0 Å². The van der Waals surface area contributed by atoms with Gasteiger partial charge in [-0.25, -0.2) is 17.5 Å². The van der Waals surface area contributed by atoms with Crippen LogP contribution in [0.4, 0.5) is 4.39 Å². The van der Waals surface area contributed by atoms with Gasteiger partial charge in [-0.05, 0) is 53.9 Å². The number of sulfonamides is 1. The summed E-state index contributed by atoms with van der Waals surface area (Å²) in [6.07, 6.45) is 1.75. The number of ether oxygens (including phenoxy) is 1. The quantitative estimate of drug-likeness (QED) is 0.906. The summed E-state index contributed by atoms with van der Waals surface area (Å²) in [7, 11) is -3.68. The molecule has 4 nitrogen and oxygen atoms in total. The molecule has 1 saturated heterocycles. The number of rotatable bonds is 4. The molecule has 1 atom stereocenters. The molecule has 1 aliphatic rings. The number of benzene rings is 1. The Kier molecular flexibility index (Phi) is 4.29. The molecule has 0 aliphatic carbocycles. The van der Waals surface area contributed by atoms with Crippen LogP contribution in [-0.2, 0) is 14.8 Å². The van der Waals surface area contributed by atoms with E-state index in [4.69, 9.17) is 4.74 Å². The first-order valence-corrected chi connectivity index (χ1v) is 8.19. The van der Waals surface area contributed by atoms with Gasteiger partial charge in [0.2, 0.25) is 10.0 Å². The van der Waals surface area contributed by atoms with Gasteiger partial charge in [0.1, 0.15) is 5.82 Å². The lowest BCUT2D eigenvalue weighted by atomic mass is 10.0. The molecule has 1 heterocycles. The molecule has 19 heavy (non-hydrogen) atoms. The summed E-state index contributed by atoms with van der Waals surface area (Å²) < 4.78 is 45.5. The van der Waals surface area contributed by atoms with E-state index in [0.29, 0.717) is 6.61 Å². The number of nitrogens with one attached hydrogen (secondary N) is 1. The third-order valence-corrected chi connectivity index (χ3v) is 5.50. The second kappa shape index (κ2) is 5.47. The molecule has 106 valence electrons. The molecule has 1 unspecified atom stereocenters. The Balaban J connectivity index is 2.14. The SMILES string of the molecule is CC1(CNS(=O)(=O)c2ccc(F)cc2Br)CCCO1. The average molecular weight is 352 g/mol. The lowest BCUT2D eigenvalue weighted by molar-refractivity contribution is 0.0250. The van der Waals surface area contributed by atoms with Crippen molar-refractivity contribution in [2.75, 3.05) is 13.2 Å². The predicted octanol–water partition coefficient (Wildman–Crippen LogP) is 2.44. The van der Waals surface area contributed by atoms with Crippen LogP contribution in [0.3, 0.4) is 0 Å². The molecule has 1 aliphatic heterocycles. The second-order valence-corrected chi connectivity index (χ2v) is 7.39. The van der Waals surface area contributed by atoms with Crippen molar-refractivity contribution in [3.8, 4) is 0 Å². The molecular formula is C12H15BrFNO3S. The fraction of sp³-hybridized carbons (Fsp3) is 0.500. The van der Waals surface area contributed by atoms with E-state index < -0.39 is 21.4 Å². The summed E-state index contributed by atoms with van der Waals surface area (Å²) in [5.74, 6) is -0.489. The van der Waals surface area contributed by atoms with Gasteiger partial charge in [0.15, 0.2) is 0 Å². The van der Waals surface area contributed by atoms with Gasteiger partial charge < -0.3 is 4.74 Å². The van der Waals surface area contributed by atoms with Crippen molar-refractivity contribution in [3.05, 3.63) is 28.5 Å². The molecule has 0 radical (unpaired) electrons. The first kappa shape index (κ1) is 14.9. The minimum absolute atomic E-state index is 0.0236. The van der Waals surface area contributed by atoms with E-state index in [-0.39, 0.29) is 15.9 Å². The highest BCUT2D eigenvalue weighted by atomic mass is 79.9. The third-order valence-electron chi connectivity index (χ3n) is 3.12. The maximum Gasteiger partial charge on any atom is 0.241 e. The molecule has 0 amide bonds. The molecule has 1 aromatic rings. The molecule has 0 bridgehead atoms. The summed E-state index contributed by atoms with van der Waals surface area (Å²) in [4.78, 5) is 0.0236. The molecule has 1 fully saturated rings. The Morgan fingerprint density at radius 1 is 1.53 bits per heavy atom. The summed E-state index contributed by atoms with van der Waals surface area (Å²) in [6.45, 7) is 2.74. The zero-order valence-electron chi connectivity index (χ0n) is 10.4. The highest BCUT2D eigenvalue weighted by Gasteiger charge is 2.31. The van der Waals surface area contributed by atoms with Crippen molar-refractivity contribution in [2.24, 2.45) is 0 Å². The van der Waals surface area contributed by atoms with Gasteiger partial charge in [0.05, 0.1) is 10.5 Å². The first-order valence-electron chi connectivity index (χ1n) is 5.91. The number of hydrogen-bond donors (Lipinski definition) is 1. The van der Waals surface area contributed by atoms with Crippen LogP contribution < -0.4 is 4.72 Å². The fourth-order valence-corrected chi connectivity index (χ4v) is 4.20. The van der Waals surface area contributed by atoms with Crippen molar-refractivity contribution < 1.29 is 17.5 Å². The Hall–Kier alpha value is -0.500. The van der Waals surface area contributed by atoms with Crippen LogP contribution in [0.15, 0.2) is 27.6 Å². The Bertz CT molecular complexity index is 570. The molecule has 1 N–H and O–H groups in total. The highest BCUT2D eigenvalue weighted by Crippen LogP contribution is 2.26. The van der Waals surface area contributed by atoms with Crippen LogP contribution in [0.25, 0.3) is 0 Å². The minimum Gasteiger partial charge on any atom is -0.374 e. The standard InChI is InChI=1S/C12H15BrFNO3S/c1-12(5-2-6-18-12)8-15-19(16,17)11-4-3-9(14)7-10(11)13/h3-4,7,15H,2,5-6,8H2,1H3. The summed E-state index contributed by atoms with van der Waals surface area (Å²) in [6, 6.07) is 3.48. The van der Waals surface area contributed by atoms with Crippen molar-refractivity contribution in [1.29, 1.82) is 0 Å². The van der Waals surface area contributed by atoms with Gasteiger partial charge in [-0.2, -0.15) is 0 Å². The molecule has 2 rings (SSSR count). The zero-order chi connectivity index (χ0) is 14.1. The zero-order valence-corrected chi connectivity index (χ0v) is 12.9. The van der Waals surface area contributed by atoms with E-state index in [1.807, 2.05) is 6.92 Å². The summed E-state index contributed by atoms with van der Waals surface area (Å²) >= 11 is 3.06. The summed E-state index contributed by atoms with van der Waals surface area (Å²) in [5, 5.41) is 0. The lowest BCUT2D eigenvalue weighted by Crippen LogP contribution is -2.40. The molecule has 1 aromatic carbocycles. The van der Waals surface area contributed by atoms with Crippen molar-refractivity contribution in [3.63, 3.8) is 0 Å². The van der Waals surface area contributed by atoms with Crippen LogP contribution in [0, 0.1) is 5.82 Å². The summed E-state index contributed by atoms with van der Waals surface area (Å²) in [5.41, 5.74) is -0.459. The normalized spacial score (nSPS) is 23.7. The smallest absolute Gasteiger partial charge is 0.241 e. The predicted molar refractivity (Wildman–Crippen MR) is 72.9 cm³/mol. The van der Waals surface area contributed by atoms with Crippen molar-refractivity contribution >= 4 is 26.0 Å². The minimum atomic E-state index is -3.68. The van der Waals surface area contributed by atoms with Gasteiger partial charge in [0, 0.05) is 17.6 Å². The van der Waals surface area contributed by atoms with Gasteiger partial charge in [0.25, 0.3) is 0 Å². The Labute approximate surface area is 120 Å². The van der Waals surface area contributed by atoms with Crippen molar-refractivity contribution in [2.45, 2.75) is 30.3 Å². The van der Waals surface area contributed by atoms with Crippen LogP contribution in [-0.4, -0.2) is 27.2 Å². The Morgan fingerprint density at radius 3 is 2.84 bits per heavy atom. The maximum atomic E-state index is 13.0. The number of hydrogen-bond acceptors (Lipinski definition) is 3. The van der Waals surface area contributed by atoms with Crippen LogP contribution in [0.2, 0.25) is 0 Å². The number of halogens is 2. The largest absolute Gasteiger partial charge is 0.374 e. The highest BCUT2D eigenvalue weighted by molar-refractivity contribution is 9.10. The van der Waals surface area contributed by atoms with Gasteiger partial charge in [-0.15, -0.1) is 0 Å². The van der Waals surface area contributed by atoms with Gasteiger partial charge in [-0.1, -0.05) is 0 Å². The average Bonchev–Trinajstić information content (AvgIpc) is 2.74. The Morgan fingerprint density at radius 2 is 2.26 bits per heavy atom. The third kappa shape index (κ3) is 3.53. The monoisotopic (exact) mass is 351 g/mol. The van der Waals surface area contributed by atoms with Crippen LogP contribution in [0.1, 0.15) is 19.8 Å². The van der Waals surface area contributed by atoms with E-state index in [1.54, 1.807) is 0 Å².